The van der Waals surface area contributed by atoms with Crippen LogP contribution in [-0.2, 0) is 9.59 Å². The largest absolute Gasteiger partial charge is 0.353 e. The summed E-state index contributed by atoms with van der Waals surface area (Å²) in [6.45, 7) is 8.79. The van der Waals surface area contributed by atoms with Gasteiger partial charge in [-0.1, -0.05) is 0 Å². The Bertz CT molecular complexity index is 338. The van der Waals surface area contributed by atoms with Crippen LogP contribution in [0.1, 0.15) is 13.8 Å². The van der Waals surface area contributed by atoms with Crippen LogP contribution in [0.5, 0.6) is 0 Å². The monoisotopic (exact) mass is 285 g/mol. The predicted molar refractivity (Wildman–Crippen MR) is 78.2 cm³/mol. The third kappa shape index (κ3) is 5.44. The van der Waals surface area contributed by atoms with Gasteiger partial charge in [-0.15, -0.1) is 0 Å². The molecule has 0 saturated carbocycles. The molecule has 0 atom stereocenters. The van der Waals surface area contributed by atoms with E-state index in [0.29, 0.717) is 6.54 Å². The first-order valence-electron chi connectivity index (χ1n) is 7.02. The summed E-state index contributed by atoms with van der Waals surface area (Å²) in [4.78, 5) is 27.3. The second kappa shape index (κ2) is 7.56. The lowest BCUT2D eigenvalue weighted by Gasteiger charge is -2.43. The first-order valence-corrected chi connectivity index (χ1v) is 7.02. The van der Waals surface area contributed by atoms with Crippen LogP contribution < -0.4 is 16.4 Å². The van der Waals surface area contributed by atoms with E-state index in [2.05, 4.69) is 41.3 Å². The van der Waals surface area contributed by atoms with Gasteiger partial charge in [-0.3, -0.25) is 14.5 Å². The van der Waals surface area contributed by atoms with Crippen LogP contribution in [-0.4, -0.2) is 80.0 Å². The number of carbonyl (C=O) groups excluding carboxylic acids is 2. The van der Waals surface area contributed by atoms with Crippen molar-refractivity contribution in [2.75, 3.05) is 52.9 Å². The molecule has 0 aromatic rings. The van der Waals surface area contributed by atoms with Crippen LogP contribution in [0.2, 0.25) is 0 Å². The summed E-state index contributed by atoms with van der Waals surface area (Å²) in [6, 6.07) is 0. The summed E-state index contributed by atoms with van der Waals surface area (Å²) in [5, 5.41) is 5.32. The maximum absolute atomic E-state index is 11.7. The zero-order chi connectivity index (χ0) is 15.2. The van der Waals surface area contributed by atoms with Crippen molar-refractivity contribution in [3.05, 3.63) is 0 Å². The second-order valence-corrected chi connectivity index (χ2v) is 5.86. The zero-order valence-electron chi connectivity index (χ0n) is 12.7. The first kappa shape index (κ1) is 16.9. The lowest BCUT2D eigenvalue weighted by molar-refractivity contribution is -0.125. The average Bonchev–Trinajstić information content (AvgIpc) is 2.43. The van der Waals surface area contributed by atoms with Gasteiger partial charge in [0.15, 0.2) is 0 Å². The van der Waals surface area contributed by atoms with E-state index in [1.807, 2.05) is 0 Å². The molecule has 7 heteroatoms. The maximum atomic E-state index is 11.7. The van der Waals surface area contributed by atoms with Gasteiger partial charge in [0.1, 0.15) is 0 Å². The lowest BCUT2D eigenvalue weighted by Crippen LogP contribution is -2.58. The van der Waals surface area contributed by atoms with Crippen molar-refractivity contribution in [1.82, 2.24) is 20.4 Å². The Morgan fingerprint density at radius 2 is 1.70 bits per heavy atom. The third-order valence-electron chi connectivity index (χ3n) is 3.71. The van der Waals surface area contributed by atoms with Crippen molar-refractivity contribution in [3.63, 3.8) is 0 Å². The van der Waals surface area contributed by atoms with Gasteiger partial charge in [0.25, 0.3) is 0 Å². The molecule has 1 rings (SSSR count). The minimum atomic E-state index is -0.321. The quantitative estimate of drug-likeness (QED) is 0.536. The van der Waals surface area contributed by atoms with E-state index in [1.165, 1.54) is 0 Å². The molecule has 2 amide bonds. The number of nitrogens with one attached hydrogen (secondary N) is 2. The molecule has 20 heavy (non-hydrogen) atoms. The molecule has 0 aromatic carbocycles. The van der Waals surface area contributed by atoms with Crippen LogP contribution in [0.15, 0.2) is 0 Å². The Morgan fingerprint density at radius 1 is 1.10 bits per heavy atom. The van der Waals surface area contributed by atoms with Crippen LogP contribution in [0, 0.1) is 0 Å². The summed E-state index contributed by atoms with van der Waals surface area (Å²) in [7, 11) is 2.12. The number of likely N-dealkylation sites (N-methyl/N-ethyl adjacent to an activating group) is 1. The Labute approximate surface area is 120 Å². The third-order valence-corrected chi connectivity index (χ3v) is 3.71. The maximum Gasteiger partial charge on any atom is 0.239 e. The topological polar surface area (TPSA) is 90.7 Å². The second-order valence-electron chi connectivity index (χ2n) is 5.86. The number of nitrogens with zero attached hydrogens (tertiary/aromatic N) is 2. The summed E-state index contributed by atoms with van der Waals surface area (Å²) >= 11 is 0. The molecule has 1 saturated heterocycles. The molecule has 7 nitrogen and oxygen atoms in total. The minimum absolute atomic E-state index is 0.0190. The Balaban J connectivity index is 2.31. The highest BCUT2D eigenvalue weighted by molar-refractivity contribution is 5.85. The number of nitrogens with two attached hydrogens (primary N) is 1. The van der Waals surface area contributed by atoms with Crippen LogP contribution >= 0.6 is 0 Å². The Hall–Kier alpha value is -1.18. The number of hydrogen-bond donors (Lipinski definition) is 3. The van der Waals surface area contributed by atoms with E-state index in [4.69, 9.17) is 5.73 Å². The molecule has 0 aliphatic carbocycles. The molecule has 1 aliphatic rings. The molecular weight excluding hydrogens is 258 g/mol. The number of hydrogen-bond acceptors (Lipinski definition) is 5. The highest BCUT2D eigenvalue weighted by Crippen LogP contribution is 2.15. The highest BCUT2D eigenvalue weighted by atomic mass is 16.2. The van der Waals surface area contributed by atoms with Crippen LogP contribution in [0.25, 0.3) is 0 Å². The van der Waals surface area contributed by atoms with Crippen molar-refractivity contribution < 1.29 is 9.59 Å². The van der Waals surface area contributed by atoms with Gasteiger partial charge >= 0.3 is 0 Å². The highest BCUT2D eigenvalue weighted by Gasteiger charge is 2.29. The van der Waals surface area contributed by atoms with E-state index in [9.17, 15) is 9.59 Å². The molecular formula is C13H27N5O2. The van der Waals surface area contributed by atoms with E-state index in [0.717, 1.165) is 26.2 Å². The first-order chi connectivity index (χ1) is 9.35. The van der Waals surface area contributed by atoms with Gasteiger partial charge in [0.05, 0.1) is 13.1 Å². The van der Waals surface area contributed by atoms with E-state index >= 15 is 0 Å². The number of rotatable bonds is 6. The van der Waals surface area contributed by atoms with Gasteiger partial charge in [-0.2, -0.15) is 0 Å². The van der Waals surface area contributed by atoms with E-state index in [1.54, 1.807) is 0 Å². The molecule has 0 spiro atoms. The van der Waals surface area contributed by atoms with Gasteiger partial charge in [0.2, 0.25) is 11.8 Å². The van der Waals surface area contributed by atoms with Crippen molar-refractivity contribution >= 4 is 11.8 Å². The summed E-state index contributed by atoms with van der Waals surface area (Å²) in [6.07, 6.45) is 0. The molecule has 0 unspecified atom stereocenters. The molecule has 116 valence electrons. The molecule has 1 heterocycles. The molecule has 4 N–H and O–H groups in total. The number of piperazine rings is 1. The standard InChI is InChI=1S/C13H27N5O2/c1-13(2,18-6-4-17(3)5-7-18)10-16-12(20)9-15-11(19)8-14/h4-10,14H2,1-3H3,(H,15,19)(H,16,20). The van der Waals surface area contributed by atoms with Crippen molar-refractivity contribution in [3.8, 4) is 0 Å². The minimum Gasteiger partial charge on any atom is -0.353 e. The fourth-order valence-corrected chi connectivity index (χ4v) is 2.15. The summed E-state index contributed by atoms with van der Waals surface area (Å²) < 4.78 is 0. The van der Waals surface area contributed by atoms with E-state index in [-0.39, 0.29) is 30.4 Å². The lowest BCUT2D eigenvalue weighted by atomic mass is 10.0. The molecule has 0 aromatic heterocycles. The van der Waals surface area contributed by atoms with Gasteiger partial charge in [0, 0.05) is 38.3 Å². The number of carbonyl (C=O) groups is 2. The Kier molecular flexibility index (Phi) is 6.38. The molecule has 0 bridgehead atoms. The molecule has 1 aliphatic heterocycles. The summed E-state index contributed by atoms with van der Waals surface area (Å²) in [5.41, 5.74) is 5.07. The zero-order valence-corrected chi connectivity index (χ0v) is 12.7. The Morgan fingerprint density at radius 3 is 2.25 bits per heavy atom. The average molecular weight is 285 g/mol. The van der Waals surface area contributed by atoms with Gasteiger partial charge in [-0.25, -0.2) is 0 Å². The van der Waals surface area contributed by atoms with E-state index < -0.39 is 0 Å². The molecule has 1 fully saturated rings. The smallest absolute Gasteiger partial charge is 0.239 e. The van der Waals surface area contributed by atoms with Crippen molar-refractivity contribution in [1.29, 1.82) is 0 Å². The predicted octanol–water partition coefficient (Wildman–Crippen LogP) is -1.80. The fourth-order valence-electron chi connectivity index (χ4n) is 2.15. The van der Waals surface area contributed by atoms with Gasteiger partial charge in [-0.05, 0) is 20.9 Å². The summed E-state index contributed by atoms with van der Waals surface area (Å²) in [5.74, 6) is -0.507. The molecule has 0 radical (unpaired) electrons. The number of amides is 2. The normalized spacial score (nSPS) is 17.8. The SMILES string of the molecule is CN1CCN(C(C)(C)CNC(=O)CNC(=O)CN)CC1. The van der Waals surface area contributed by atoms with Crippen molar-refractivity contribution in [2.45, 2.75) is 19.4 Å². The van der Waals surface area contributed by atoms with Crippen LogP contribution in [0.4, 0.5) is 0 Å². The van der Waals surface area contributed by atoms with Gasteiger partial charge < -0.3 is 21.3 Å². The van der Waals surface area contributed by atoms with Crippen LogP contribution in [0.3, 0.4) is 0 Å². The van der Waals surface area contributed by atoms with Crippen molar-refractivity contribution in [2.24, 2.45) is 5.73 Å². The fraction of sp³-hybridized carbons (Fsp3) is 0.846.